The zero-order valence-corrected chi connectivity index (χ0v) is 15.9. The standard InChI is InChI=1S/C20H15F3N2O3S/c1-12-5-7-16(11-18(12)22)29(27,28)25-15-4-2-3-13(9-15)20(26)24-14-6-8-17(21)19(23)10-14/h2-11,25H,1H3,(H,24,26). The molecule has 0 aliphatic rings. The Morgan fingerprint density at radius 3 is 2.28 bits per heavy atom. The van der Waals surface area contributed by atoms with Gasteiger partial charge in [-0.1, -0.05) is 12.1 Å². The second-order valence-electron chi connectivity index (χ2n) is 6.18. The average Bonchev–Trinajstić information content (AvgIpc) is 2.66. The van der Waals surface area contributed by atoms with Crippen molar-refractivity contribution >= 4 is 27.3 Å². The molecule has 0 aliphatic carbocycles. The van der Waals surface area contributed by atoms with Gasteiger partial charge in [0.25, 0.3) is 15.9 Å². The highest BCUT2D eigenvalue weighted by molar-refractivity contribution is 7.92. The molecule has 0 saturated heterocycles. The topological polar surface area (TPSA) is 75.3 Å². The first-order chi connectivity index (χ1) is 13.7. The Kier molecular flexibility index (Phi) is 5.60. The van der Waals surface area contributed by atoms with Crippen molar-refractivity contribution in [1.82, 2.24) is 0 Å². The van der Waals surface area contributed by atoms with Gasteiger partial charge in [-0.15, -0.1) is 0 Å². The molecule has 0 unspecified atom stereocenters. The smallest absolute Gasteiger partial charge is 0.261 e. The molecule has 0 aliphatic heterocycles. The van der Waals surface area contributed by atoms with Crippen molar-refractivity contribution in [2.45, 2.75) is 11.8 Å². The van der Waals surface area contributed by atoms with Gasteiger partial charge in [0.05, 0.1) is 4.90 Å². The number of rotatable bonds is 5. The predicted octanol–water partition coefficient (Wildman–Crippen LogP) is 4.47. The number of carbonyl (C=O) groups is 1. The molecule has 0 bridgehead atoms. The molecule has 1 amide bonds. The zero-order valence-electron chi connectivity index (χ0n) is 15.0. The molecule has 0 radical (unpaired) electrons. The molecule has 5 nitrogen and oxygen atoms in total. The van der Waals surface area contributed by atoms with Gasteiger partial charge in [-0.05, 0) is 55.0 Å². The Hall–Kier alpha value is -3.33. The molecule has 3 aromatic carbocycles. The molecule has 3 rings (SSSR count). The second kappa shape index (κ2) is 7.96. The van der Waals surface area contributed by atoms with Gasteiger partial charge in [0, 0.05) is 23.0 Å². The van der Waals surface area contributed by atoms with E-state index in [-0.39, 0.29) is 21.8 Å². The van der Waals surface area contributed by atoms with Crippen molar-refractivity contribution in [3.05, 3.63) is 89.2 Å². The van der Waals surface area contributed by atoms with E-state index in [1.165, 1.54) is 49.4 Å². The van der Waals surface area contributed by atoms with Crippen LogP contribution in [0.1, 0.15) is 15.9 Å². The maximum absolute atomic E-state index is 13.7. The number of amides is 1. The molecule has 3 aromatic rings. The van der Waals surface area contributed by atoms with E-state index in [1.807, 2.05) is 0 Å². The van der Waals surface area contributed by atoms with E-state index in [1.54, 1.807) is 0 Å². The highest BCUT2D eigenvalue weighted by atomic mass is 32.2. The van der Waals surface area contributed by atoms with E-state index in [0.717, 1.165) is 18.2 Å². The summed E-state index contributed by atoms with van der Waals surface area (Å²) < 4.78 is 67.1. The molecular weight excluding hydrogens is 405 g/mol. The van der Waals surface area contributed by atoms with Crippen molar-refractivity contribution in [2.75, 3.05) is 10.0 Å². The summed E-state index contributed by atoms with van der Waals surface area (Å²) in [7, 11) is -4.08. The minimum atomic E-state index is -4.08. The summed E-state index contributed by atoms with van der Waals surface area (Å²) in [6.07, 6.45) is 0. The number of halogens is 3. The Bertz CT molecular complexity index is 1200. The molecular formula is C20H15F3N2O3S. The summed E-state index contributed by atoms with van der Waals surface area (Å²) in [6, 6.07) is 11.9. The third-order valence-corrected chi connectivity index (χ3v) is 5.39. The Labute approximate surface area is 165 Å². The minimum Gasteiger partial charge on any atom is -0.322 e. The molecule has 29 heavy (non-hydrogen) atoms. The first-order valence-corrected chi connectivity index (χ1v) is 9.79. The van der Waals surface area contributed by atoms with E-state index in [0.29, 0.717) is 5.56 Å². The average molecular weight is 420 g/mol. The van der Waals surface area contributed by atoms with Crippen molar-refractivity contribution in [3.8, 4) is 0 Å². The third-order valence-electron chi connectivity index (χ3n) is 4.01. The van der Waals surface area contributed by atoms with E-state index < -0.39 is 33.4 Å². The van der Waals surface area contributed by atoms with E-state index >= 15 is 0 Å². The lowest BCUT2D eigenvalue weighted by Crippen LogP contribution is -2.15. The SMILES string of the molecule is Cc1ccc(S(=O)(=O)Nc2cccc(C(=O)Nc3ccc(F)c(F)c3)c2)cc1F. The van der Waals surface area contributed by atoms with Crippen LogP contribution in [0.3, 0.4) is 0 Å². The maximum atomic E-state index is 13.7. The summed E-state index contributed by atoms with van der Waals surface area (Å²) in [5, 5.41) is 2.39. The monoisotopic (exact) mass is 420 g/mol. The molecule has 0 fully saturated rings. The van der Waals surface area contributed by atoms with Crippen LogP contribution in [0.4, 0.5) is 24.5 Å². The number of sulfonamides is 1. The van der Waals surface area contributed by atoms with Crippen LogP contribution in [0.2, 0.25) is 0 Å². The van der Waals surface area contributed by atoms with Gasteiger partial charge in [-0.3, -0.25) is 9.52 Å². The lowest BCUT2D eigenvalue weighted by molar-refractivity contribution is 0.102. The normalized spacial score (nSPS) is 11.2. The zero-order chi connectivity index (χ0) is 21.2. The lowest BCUT2D eigenvalue weighted by Gasteiger charge is -2.11. The Morgan fingerprint density at radius 1 is 0.828 bits per heavy atom. The molecule has 0 heterocycles. The van der Waals surface area contributed by atoms with Gasteiger partial charge in [-0.2, -0.15) is 0 Å². The van der Waals surface area contributed by atoms with Crippen LogP contribution in [-0.2, 0) is 10.0 Å². The minimum absolute atomic E-state index is 0.0371. The maximum Gasteiger partial charge on any atom is 0.261 e. The van der Waals surface area contributed by atoms with Crippen LogP contribution in [0.15, 0.2) is 65.6 Å². The van der Waals surface area contributed by atoms with Crippen molar-refractivity contribution in [1.29, 1.82) is 0 Å². The number of anilines is 2. The van der Waals surface area contributed by atoms with Crippen LogP contribution >= 0.6 is 0 Å². The van der Waals surface area contributed by atoms with Gasteiger partial charge in [0.2, 0.25) is 0 Å². The molecule has 0 spiro atoms. The van der Waals surface area contributed by atoms with Crippen LogP contribution in [0.25, 0.3) is 0 Å². The number of benzene rings is 3. The van der Waals surface area contributed by atoms with Gasteiger partial charge in [0.15, 0.2) is 11.6 Å². The molecule has 2 N–H and O–H groups in total. The number of hydrogen-bond acceptors (Lipinski definition) is 3. The number of nitrogens with one attached hydrogen (secondary N) is 2. The second-order valence-corrected chi connectivity index (χ2v) is 7.86. The summed E-state index contributed by atoms with van der Waals surface area (Å²) in [5.41, 5.74) is 0.490. The quantitative estimate of drug-likeness (QED) is 0.640. The largest absolute Gasteiger partial charge is 0.322 e. The summed E-state index contributed by atoms with van der Waals surface area (Å²) >= 11 is 0. The van der Waals surface area contributed by atoms with Crippen molar-refractivity contribution in [3.63, 3.8) is 0 Å². The molecule has 0 atom stereocenters. The van der Waals surface area contributed by atoms with E-state index in [9.17, 15) is 26.4 Å². The predicted molar refractivity (Wildman–Crippen MR) is 103 cm³/mol. The number of hydrogen-bond donors (Lipinski definition) is 2. The number of aryl methyl sites for hydroxylation is 1. The fraction of sp³-hybridized carbons (Fsp3) is 0.0500. The van der Waals surface area contributed by atoms with Crippen LogP contribution in [0, 0.1) is 24.4 Å². The molecule has 0 saturated carbocycles. The summed E-state index contributed by atoms with van der Waals surface area (Å²) in [6.45, 7) is 1.51. The highest BCUT2D eigenvalue weighted by Gasteiger charge is 2.17. The third kappa shape index (κ3) is 4.75. The first-order valence-electron chi connectivity index (χ1n) is 8.31. The summed E-state index contributed by atoms with van der Waals surface area (Å²) in [4.78, 5) is 12.1. The Balaban J connectivity index is 1.80. The van der Waals surface area contributed by atoms with Crippen LogP contribution in [0.5, 0.6) is 0 Å². The molecule has 150 valence electrons. The Morgan fingerprint density at radius 2 is 1.59 bits per heavy atom. The number of carbonyl (C=O) groups excluding carboxylic acids is 1. The van der Waals surface area contributed by atoms with Gasteiger partial charge < -0.3 is 5.32 Å². The summed E-state index contributed by atoms with van der Waals surface area (Å²) in [5.74, 6) is -3.48. The van der Waals surface area contributed by atoms with Crippen LogP contribution in [-0.4, -0.2) is 14.3 Å². The van der Waals surface area contributed by atoms with Gasteiger partial charge >= 0.3 is 0 Å². The lowest BCUT2D eigenvalue weighted by atomic mass is 10.2. The van der Waals surface area contributed by atoms with Crippen LogP contribution < -0.4 is 10.0 Å². The fourth-order valence-electron chi connectivity index (χ4n) is 2.46. The molecule has 0 aromatic heterocycles. The van der Waals surface area contributed by atoms with E-state index in [4.69, 9.17) is 0 Å². The molecule has 9 heteroatoms. The van der Waals surface area contributed by atoms with Crippen molar-refractivity contribution in [2.24, 2.45) is 0 Å². The highest BCUT2D eigenvalue weighted by Crippen LogP contribution is 2.20. The fourth-order valence-corrected chi connectivity index (χ4v) is 3.52. The van der Waals surface area contributed by atoms with Gasteiger partial charge in [0.1, 0.15) is 5.82 Å². The van der Waals surface area contributed by atoms with Gasteiger partial charge in [-0.25, -0.2) is 21.6 Å². The van der Waals surface area contributed by atoms with Crippen molar-refractivity contribution < 1.29 is 26.4 Å². The first kappa shape index (κ1) is 20.4. The van der Waals surface area contributed by atoms with E-state index in [2.05, 4.69) is 10.0 Å².